The normalized spacial score (nSPS) is 29.0. The Kier molecular flexibility index (Phi) is 13.8. The highest BCUT2D eigenvalue weighted by molar-refractivity contribution is 6.35. The Bertz CT molecular complexity index is 2140. The van der Waals surface area contributed by atoms with Crippen molar-refractivity contribution in [3.63, 3.8) is 0 Å². The van der Waals surface area contributed by atoms with E-state index in [-0.39, 0.29) is 33.9 Å². The molecule has 0 unspecified atom stereocenters. The van der Waals surface area contributed by atoms with Crippen LogP contribution in [0, 0.1) is 23.0 Å². The van der Waals surface area contributed by atoms with Gasteiger partial charge in [0.05, 0.1) is 47.1 Å². The van der Waals surface area contributed by atoms with Gasteiger partial charge in [0.1, 0.15) is 40.7 Å². The maximum atomic E-state index is 14.3. The van der Waals surface area contributed by atoms with Gasteiger partial charge in [0.2, 0.25) is 5.91 Å². The van der Waals surface area contributed by atoms with E-state index in [1.807, 2.05) is 13.0 Å². The molecule has 3 aliphatic heterocycles. The summed E-state index contributed by atoms with van der Waals surface area (Å²) in [6.07, 6.45) is 1.71. The number of methoxy groups -OCH3 is 2. The summed E-state index contributed by atoms with van der Waals surface area (Å²) in [7, 11) is 5.78. The third-order valence-corrected chi connectivity index (χ3v) is 11.9. The number of nitrogens with zero attached hydrogens (tertiary/aromatic N) is 4. The van der Waals surface area contributed by atoms with Gasteiger partial charge in [0, 0.05) is 45.8 Å². The molecule has 2 aromatic carbocycles. The van der Waals surface area contributed by atoms with Crippen LogP contribution in [0.2, 0.25) is 5.02 Å². The molecule has 5 rings (SSSR count). The molecule has 17 nitrogen and oxygen atoms in total. The zero-order chi connectivity index (χ0) is 44.4. The zero-order valence-corrected chi connectivity index (χ0v) is 36.1. The number of carbonyl (C=O) groups is 4. The van der Waals surface area contributed by atoms with Gasteiger partial charge in [0.25, 0.3) is 11.6 Å². The molecule has 4 bridgehead atoms. The number of likely N-dealkylation sites (N-methyl/N-ethyl adjacent to an activating group) is 1. The van der Waals surface area contributed by atoms with Crippen molar-refractivity contribution in [1.29, 1.82) is 0 Å². The number of nitrogens with one attached hydrogen (secondary N) is 1. The lowest BCUT2D eigenvalue weighted by Crippen LogP contribution is -2.63. The van der Waals surface area contributed by atoms with Gasteiger partial charge in [0.15, 0.2) is 5.72 Å². The number of hydrogen-bond donors (Lipinski definition) is 2. The van der Waals surface area contributed by atoms with Crippen LogP contribution in [0.5, 0.6) is 5.75 Å². The van der Waals surface area contributed by atoms with Crippen molar-refractivity contribution in [1.82, 2.24) is 10.2 Å². The second kappa shape index (κ2) is 18.1. The highest BCUT2D eigenvalue weighted by Crippen LogP contribution is 2.49. The smallest absolute Gasteiger partial charge is 0.409 e. The number of aliphatic imine (C=N–C) groups is 1. The number of hydrogen-bond acceptors (Lipinski definition) is 13. The van der Waals surface area contributed by atoms with E-state index in [9.17, 15) is 34.4 Å². The monoisotopic (exact) mass is 853 g/mol. The Morgan fingerprint density at radius 2 is 1.93 bits per heavy atom. The van der Waals surface area contributed by atoms with E-state index in [0.717, 1.165) is 16.0 Å². The highest BCUT2D eigenvalue weighted by Gasteiger charge is 2.64. The fourth-order valence-electron chi connectivity index (χ4n) is 7.72. The molecule has 18 heteroatoms. The summed E-state index contributed by atoms with van der Waals surface area (Å²) in [5.74, 6) is -2.32. The van der Waals surface area contributed by atoms with E-state index in [4.69, 9.17) is 35.3 Å². The number of ether oxygens (including phenoxy) is 5. The molecule has 0 aromatic heterocycles. The minimum absolute atomic E-state index is 0.0244. The number of carbonyl (C=O) groups excluding carboxylic acids is 4. The summed E-state index contributed by atoms with van der Waals surface area (Å²) in [4.78, 5) is 73.0. The number of fused-ring (bicyclic) bond motifs is 5. The Balaban J connectivity index is 1.53. The highest BCUT2D eigenvalue weighted by atomic mass is 35.5. The van der Waals surface area contributed by atoms with Crippen LogP contribution in [0.4, 0.5) is 21.9 Å². The van der Waals surface area contributed by atoms with E-state index >= 15 is 0 Å². The molecule has 324 valence electrons. The summed E-state index contributed by atoms with van der Waals surface area (Å²) in [5.41, 5.74) is -1.16. The van der Waals surface area contributed by atoms with Crippen LogP contribution in [0.3, 0.4) is 0 Å². The molecule has 2 aromatic rings. The number of nitro benzene ring substituents is 1. The summed E-state index contributed by atoms with van der Waals surface area (Å²) in [6, 6.07) is 4.77. The largest absolute Gasteiger partial charge is 0.495 e. The predicted molar refractivity (Wildman–Crippen MR) is 222 cm³/mol. The van der Waals surface area contributed by atoms with Crippen LogP contribution in [0.25, 0.3) is 0 Å². The third kappa shape index (κ3) is 9.18. The average Bonchev–Trinajstić information content (AvgIpc) is 3.90. The summed E-state index contributed by atoms with van der Waals surface area (Å²) < 4.78 is 29.3. The predicted octanol–water partition coefficient (Wildman–Crippen LogP) is 5.77. The first-order valence-corrected chi connectivity index (χ1v) is 19.7. The Labute approximate surface area is 353 Å². The number of aliphatic hydroxyl groups is 1. The molecule has 0 radical (unpaired) electrons. The first-order chi connectivity index (χ1) is 28.2. The minimum atomic E-state index is -1.88. The quantitative estimate of drug-likeness (QED) is 0.107. The maximum Gasteiger partial charge on any atom is 0.409 e. The van der Waals surface area contributed by atoms with Gasteiger partial charge in [-0.3, -0.25) is 30.0 Å². The van der Waals surface area contributed by atoms with Gasteiger partial charge in [-0.15, -0.1) is 0 Å². The van der Waals surface area contributed by atoms with Gasteiger partial charge in [-0.05, 0) is 64.8 Å². The Morgan fingerprint density at radius 1 is 1.23 bits per heavy atom. The van der Waals surface area contributed by atoms with E-state index in [1.165, 1.54) is 65.4 Å². The first kappa shape index (κ1) is 45.7. The number of allylic oxidation sites excluding steroid dienone is 3. The number of amides is 3. The van der Waals surface area contributed by atoms with Gasteiger partial charge >= 0.3 is 12.1 Å². The molecule has 0 aliphatic carbocycles. The molecule has 3 aliphatic rings. The second-order valence-electron chi connectivity index (χ2n) is 15.6. The standard InChI is InChI=1S/C42H52ClN5O12/c1-11-44-36-23(3)28(48(54)55)16-15-27(36)38(50)46(7)25(5)39(51)59-33-20-34(49)47(8)29-18-26(19-30(56-9)35(29)43)17-22(2)13-12-14-32(57-10)42(53)21-31(58-40(52)45-42)24(4)37-41(33,6)60-37/h11-16,18-19,24-25,31-33,37,53H,17,20-21H2,1-10H3,(H,45,52)/b14-12+,22-13+,44-11?/t24-,25+,31+,32-,33+,37+,41+,42+/m1/s1. The zero-order valence-electron chi connectivity index (χ0n) is 35.3. The number of rotatable bonds is 8. The van der Waals surface area contributed by atoms with E-state index in [0.29, 0.717) is 17.9 Å². The number of nitro groups is 1. The van der Waals surface area contributed by atoms with Crippen LogP contribution < -0.4 is 15.0 Å². The molecular weight excluding hydrogens is 802 g/mol. The van der Waals surface area contributed by atoms with Crippen molar-refractivity contribution in [2.45, 2.75) is 103 Å². The van der Waals surface area contributed by atoms with Crippen LogP contribution in [-0.4, -0.2) is 115 Å². The Hall–Kier alpha value is -5.36. The van der Waals surface area contributed by atoms with Crippen molar-refractivity contribution < 1.29 is 52.9 Å². The van der Waals surface area contributed by atoms with E-state index in [2.05, 4.69) is 10.3 Å². The average molecular weight is 854 g/mol. The minimum Gasteiger partial charge on any atom is -0.495 e. The van der Waals surface area contributed by atoms with Crippen LogP contribution in [0.1, 0.15) is 68.9 Å². The van der Waals surface area contributed by atoms with Crippen LogP contribution in [-0.2, 0) is 35.0 Å². The van der Waals surface area contributed by atoms with E-state index < -0.39 is 82.9 Å². The number of benzene rings is 2. The Morgan fingerprint density at radius 3 is 2.57 bits per heavy atom. The third-order valence-electron chi connectivity index (χ3n) is 11.5. The number of halogens is 1. The number of epoxide rings is 1. The van der Waals surface area contributed by atoms with Gasteiger partial charge in [-0.2, -0.15) is 0 Å². The van der Waals surface area contributed by atoms with E-state index in [1.54, 1.807) is 45.1 Å². The fraction of sp³-hybridized carbons (Fsp3) is 0.500. The van der Waals surface area contributed by atoms with Crippen LogP contribution in [0.15, 0.2) is 53.1 Å². The lowest BCUT2D eigenvalue weighted by molar-refractivity contribution is -0.385. The van der Waals surface area contributed by atoms with Gasteiger partial charge in [-0.1, -0.05) is 42.3 Å². The lowest BCUT2D eigenvalue weighted by atomic mass is 9.83. The molecule has 3 amide bonds. The summed E-state index contributed by atoms with van der Waals surface area (Å²) >= 11 is 6.78. The summed E-state index contributed by atoms with van der Waals surface area (Å²) in [5, 5.41) is 26.1. The molecule has 0 saturated carbocycles. The molecule has 3 heterocycles. The fourth-order valence-corrected chi connectivity index (χ4v) is 8.04. The number of esters is 1. The molecule has 2 N–H and O–H groups in total. The topological polar surface area (TPSA) is 212 Å². The SMILES string of the molecule is CC=Nc1c(C(=O)N(C)[C@@H](C)C(=O)O[C@H]2CC(=O)N(C)c3cc(cc(OC)c3Cl)C/C(C)=C/C=C/[C@@H](OC)[C@@]3(O)C[C@H](OC(=O)N3)[C@@H](C)[C@@H]3O[C@@]23C)ccc([N+](=O)[O-])c1C. The molecule has 0 spiro atoms. The molecule has 60 heavy (non-hydrogen) atoms. The van der Waals surface area contributed by atoms with Crippen molar-refractivity contribution >= 4 is 58.8 Å². The van der Waals surface area contributed by atoms with Crippen molar-refractivity contribution in [3.8, 4) is 5.75 Å². The molecular formula is C42H52ClN5O12. The molecule has 2 saturated heterocycles. The lowest BCUT2D eigenvalue weighted by Gasteiger charge is -2.42. The van der Waals surface area contributed by atoms with Gasteiger partial charge < -0.3 is 38.6 Å². The van der Waals surface area contributed by atoms with Crippen LogP contribution >= 0.6 is 11.6 Å². The van der Waals surface area contributed by atoms with Gasteiger partial charge in [-0.25, -0.2) is 9.59 Å². The van der Waals surface area contributed by atoms with Crippen molar-refractivity contribution in [2.75, 3.05) is 33.2 Å². The first-order valence-electron chi connectivity index (χ1n) is 19.3. The second-order valence-corrected chi connectivity index (χ2v) is 15.9. The molecule has 2 fully saturated rings. The molecule has 8 atom stereocenters. The van der Waals surface area contributed by atoms with Crippen molar-refractivity contribution in [2.24, 2.45) is 10.9 Å². The number of alkyl carbamates (subject to hydrolysis) is 1. The maximum absolute atomic E-state index is 14.3. The van der Waals surface area contributed by atoms with Crippen molar-refractivity contribution in [3.05, 3.63) is 79.9 Å². The number of anilines is 1. The summed E-state index contributed by atoms with van der Waals surface area (Å²) in [6.45, 7) is 9.85.